The molecule has 8 nitrogen and oxygen atoms in total. The fourth-order valence-electron chi connectivity index (χ4n) is 4.43. The van der Waals surface area contributed by atoms with Crippen molar-refractivity contribution in [2.24, 2.45) is 5.73 Å². The summed E-state index contributed by atoms with van der Waals surface area (Å²) in [5, 5.41) is 5.29. The molecule has 2 aromatic heterocycles. The Hall–Kier alpha value is -4.41. The first kappa shape index (κ1) is 24.3. The third-order valence-corrected chi connectivity index (χ3v) is 6.33. The number of pyridine rings is 1. The summed E-state index contributed by atoms with van der Waals surface area (Å²) in [6.45, 7) is 2.18. The van der Waals surface area contributed by atoms with Crippen LogP contribution in [0, 0.1) is 0 Å². The Morgan fingerprint density at radius 2 is 1.73 bits per heavy atom. The number of benzene rings is 2. The molecule has 0 spiro atoms. The van der Waals surface area contributed by atoms with E-state index in [4.69, 9.17) is 5.73 Å². The van der Waals surface area contributed by atoms with E-state index < -0.39 is 17.6 Å². The summed E-state index contributed by atoms with van der Waals surface area (Å²) in [5.74, 6) is -0.214. The number of hydrogen-bond donors (Lipinski definition) is 1. The molecule has 0 saturated carbocycles. The maximum Gasteiger partial charge on any atom is 0.417 e. The van der Waals surface area contributed by atoms with Crippen molar-refractivity contribution in [2.45, 2.75) is 12.7 Å². The Morgan fingerprint density at radius 3 is 2.41 bits per heavy atom. The smallest absolute Gasteiger partial charge is 0.366 e. The minimum absolute atomic E-state index is 0.122. The van der Waals surface area contributed by atoms with Crippen LogP contribution in [0.3, 0.4) is 0 Å². The fourth-order valence-corrected chi connectivity index (χ4v) is 4.43. The number of primary amides is 1. The van der Waals surface area contributed by atoms with Gasteiger partial charge in [-0.1, -0.05) is 24.3 Å². The number of amides is 2. The van der Waals surface area contributed by atoms with Crippen LogP contribution in [-0.2, 0) is 12.7 Å². The number of halogens is 3. The highest BCUT2D eigenvalue weighted by Gasteiger charge is 2.31. The Bertz CT molecular complexity index is 1460. The molecule has 3 heterocycles. The summed E-state index contributed by atoms with van der Waals surface area (Å²) in [7, 11) is 0. The molecular weight excluding hydrogens is 485 g/mol. The quantitative estimate of drug-likeness (QED) is 0.445. The summed E-state index contributed by atoms with van der Waals surface area (Å²) >= 11 is 0. The van der Waals surface area contributed by atoms with Gasteiger partial charge in [0.25, 0.3) is 11.8 Å². The second-order valence-corrected chi connectivity index (χ2v) is 8.82. The van der Waals surface area contributed by atoms with Gasteiger partial charge in [0.1, 0.15) is 11.3 Å². The number of aromatic nitrogens is 3. The molecule has 1 aliphatic heterocycles. The fraction of sp³-hybridized carbons (Fsp3) is 0.231. The lowest BCUT2D eigenvalue weighted by molar-refractivity contribution is -0.137. The number of piperazine rings is 1. The first-order valence-electron chi connectivity index (χ1n) is 11.6. The standard InChI is InChI=1S/C26H23F3N6O2/c27-26(28,29)20-7-8-22(31-14-20)33-9-11-34(12-10-33)25(37)18-4-1-3-17(13-18)15-35-16-19-5-2-6-21(24(30)36)23(19)32-35/h1-8,13-14,16H,9-12,15H2,(H2,30,36). The predicted octanol–water partition coefficient (Wildman–Crippen LogP) is 3.56. The van der Waals surface area contributed by atoms with E-state index in [9.17, 15) is 22.8 Å². The van der Waals surface area contributed by atoms with Crippen molar-refractivity contribution in [3.05, 3.63) is 89.2 Å². The van der Waals surface area contributed by atoms with Crippen molar-refractivity contribution >= 4 is 28.5 Å². The third kappa shape index (κ3) is 5.11. The van der Waals surface area contributed by atoms with Gasteiger partial charge < -0.3 is 15.5 Å². The van der Waals surface area contributed by atoms with Gasteiger partial charge in [0.2, 0.25) is 0 Å². The van der Waals surface area contributed by atoms with Crippen LogP contribution in [0.2, 0.25) is 0 Å². The van der Waals surface area contributed by atoms with Gasteiger partial charge in [-0.05, 0) is 35.9 Å². The minimum Gasteiger partial charge on any atom is -0.366 e. The highest BCUT2D eigenvalue weighted by molar-refractivity contribution is 6.04. The molecule has 1 fully saturated rings. The van der Waals surface area contributed by atoms with Crippen LogP contribution in [0.15, 0.2) is 67.0 Å². The normalized spacial score (nSPS) is 14.2. The molecule has 5 rings (SSSR count). The average Bonchev–Trinajstić information content (AvgIpc) is 3.30. The van der Waals surface area contributed by atoms with Crippen molar-refractivity contribution in [1.29, 1.82) is 0 Å². The molecule has 2 aromatic carbocycles. The zero-order valence-electron chi connectivity index (χ0n) is 19.7. The van der Waals surface area contributed by atoms with Gasteiger partial charge >= 0.3 is 6.18 Å². The number of nitrogens with zero attached hydrogens (tertiary/aromatic N) is 5. The van der Waals surface area contributed by atoms with Crippen LogP contribution < -0.4 is 10.6 Å². The van der Waals surface area contributed by atoms with Crippen LogP contribution in [0.1, 0.15) is 31.8 Å². The average molecular weight is 509 g/mol. The van der Waals surface area contributed by atoms with Gasteiger partial charge in [0.05, 0.1) is 17.7 Å². The lowest BCUT2D eigenvalue weighted by Crippen LogP contribution is -2.49. The number of alkyl halides is 3. The topological polar surface area (TPSA) is 97.3 Å². The number of nitrogens with two attached hydrogens (primary N) is 1. The zero-order valence-corrected chi connectivity index (χ0v) is 19.7. The molecular formula is C26H23F3N6O2. The highest BCUT2D eigenvalue weighted by atomic mass is 19.4. The van der Waals surface area contributed by atoms with Gasteiger partial charge in [-0.15, -0.1) is 0 Å². The van der Waals surface area contributed by atoms with E-state index in [0.29, 0.717) is 55.2 Å². The first-order chi connectivity index (χ1) is 17.7. The predicted molar refractivity (Wildman–Crippen MR) is 131 cm³/mol. The molecule has 37 heavy (non-hydrogen) atoms. The summed E-state index contributed by atoms with van der Waals surface area (Å²) in [5.41, 5.74) is 6.95. The van der Waals surface area contributed by atoms with Gasteiger partial charge in [0.15, 0.2) is 0 Å². The summed E-state index contributed by atoms with van der Waals surface area (Å²) in [4.78, 5) is 32.4. The van der Waals surface area contributed by atoms with Crippen molar-refractivity contribution in [3.8, 4) is 0 Å². The van der Waals surface area contributed by atoms with Crippen LogP contribution in [0.25, 0.3) is 10.9 Å². The molecule has 2 amide bonds. The minimum atomic E-state index is -4.43. The Morgan fingerprint density at radius 1 is 0.973 bits per heavy atom. The molecule has 0 atom stereocenters. The largest absolute Gasteiger partial charge is 0.417 e. The summed E-state index contributed by atoms with van der Waals surface area (Å²) in [6, 6.07) is 14.9. The number of carbonyl (C=O) groups excluding carboxylic acids is 2. The second-order valence-electron chi connectivity index (χ2n) is 8.82. The molecule has 0 radical (unpaired) electrons. The van der Waals surface area contributed by atoms with E-state index >= 15 is 0 Å². The van der Waals surface area contributed by atoms with Gasteiger partial charge in [-0.2, -0.15) is 18.3 Å². The lowest BCUT2D eigenvalue weighted by atomic mass is 10.1. The lowest BCUT2D eigenvalue weighted by Gasteiger charge is -2.35. The zero-order chi connectivity index (χ0) is 26.2. The van der Waals surface area contributed by atoms with Crippen molar-refractivity contribution < 1.29 is 22.8 Å². The maximum atomic E-state index is 13.2. The van der Waals surface area contributed by atoms with Crippen LogP contribution in [0.5, 0.6) is 0 Å². The second kappa shape index (κ2) is 9.57. The van der Waals surface area contributed by atoms with Gasteiger partial charge in [-0.3, -0.25) is 14.3 Å². The van der Waals surface area contributed by atoms with Crippen LogP contribution in [0.4, 0.5) is 19.0 Å². The number of rotatable bonds is 5. The van der Waals surface area contributed by atoms with E-state index in [1.807, 2.05) is 35.4 Å². The van der Waals surface area contributed by atoms with Crippen LogP contribution in [-0.4, -0.2) is 57.7 Å². The Labute approximate surface area is 210 Å². The summed E-state index contributed by atoms with van der Waals surface area (Å²) < 4.78 is 40.1. The Balaban J connectivity index is 1.24. The maximum absolute atomic E-state index is 13.2. The molecule has 1 aliphatic rings. The van der Waals surface area contributed by atoms with Gasteiger partial charge in [0, 0.05) is 49.5 Å². The highest BCUT2D eigenvalue weighted by Crippen LogP contribution is 2.29. The molecule has 0 aliphatic carbocycles. The summed E-state index contributed by atoms with van der Waals surface area (Å²) in [6.07, 6.45) is -1.77. The number of anilines is 1. The molecule has 0 unspecified atom stereocenters. The van der Waals surface area contributed by atoms with E-state index in [2.05, 4.69) is 10.1 Å². The van der Waals surface area contributed by atoms with E-state index in [-0.39, 0.29) is 5.91 Å². The van der Waals surface area contributed by atoms with E-state index in [1.54, 1.807) is 27.8 Å². The van der Waals surface area contributed by atoms with Crippen molar-refractivity contribution in [2.75, 3.05) is 31.1 Å². The number of hydrogen-bond acceptors (Lipinski definition) is 5. The van der Waals surface area contributed by atoms with Crippen molar-refractivity contribution in [3.63, 3.8) is 0 Å². The molecule has 1 saturated heterocycles. The van der Waals surface area contributed by atoms with E-state index in [0.717, 1.165) is 23.2 Å². The third-order valence-electron chi connectivity index (χ3n) is 6.33. The Kier molecular flexibility index (Phi) is 6.28. The molecule has 11 heteroatoms. The van der Waals surface area contributed by atoms with Gasteiger partial charge in [-0.25, -0.2) is 4.98 Å². The number of fused-ring (bicyclic) bond motifs is 1. The number of carbonyl (C=O) groups is 2. The first-order valence-corrected chi connectivity index (χ1v) is 11.6. The van der Waals surface area contributed by atoms with Crippen LogP contribution >= 0.6 is 0 Å². The molecule has 4 aromatic rings. The molecule has 190 valence electrons. The molecule has 0 bridgehead atoms. The molecule has 2 N–H and O–H groups in total. The van der Waals surface area contributed by atoms with Crippen molar-refractivity contribution in [1.82, 2.24) is 19.7 Å². The monoisotopic (exact) mass is 508 g/mol. The van der Waals surface area contributed by atoms with E-state index in [1.165, 1.54) is 6.07 Å². The SMILES string of the molecule is NC(=O)c1cccc2cn(Cc3cccc(C(=O)N4CCN(c5ccc(C(F)(F)F)cn5)CC4)c3)nc12.